The van der Waals surface area contributed by atoms with Gasteiger partial charge in [-0.05, 0) is 62.7 Å². The molecule has 0 saturated carbocycles. The summed E-state index contributed by atoms with van der Waals surface area (Å²) in [5.74, 6) is 2.82. The van der Waals surface area contributed by atoms with Gasteiger partial charge in [-0.25, -0.2) is 0 Å². The normalized spacial score (nSPS) is 11.3. The van der Waals surface area contributed by atoms with Crippen molar-refractivity contribution in [1.82, 2.24) is 9.88 Å². The van der Waals surface area contributed by atoms with Gasteiger partial charge in [-0.15, -0.1) is 0 Å². The third-order valence-corrected chi connectivity index (χ3v) is 4.31. The van der Waals surface area contributed by atoms with Crippen LogP contribution in [0.15, 0.2) is 65.2 Å². The molecule has 0 radical (unpaired) electrons. The summed E-state index contributed by atoms with van der Waals surface area (Å²) in [6, 6.07) is 18.6. The molecule has 0 saturated heterocycles. The van der Waals surface area contributed by atoms with Crippen molar-refractivity contribution in [3.8, 4) is 5.75 Å². The Hall–Kier alpha value is -2.59. The van der Waals surface area contributed by atoms with E-state index in [9.17, 15) is 0 Å². The van der Waals surface area contributed by atoms with Gasteiger partial charge in [0.15, 0.2) is 0 Å². The fourth-order valence-corrected chi connectivity index (χ4v) is 2.76. The third-order valence-electron chi connectivity index (χ3n) is 4.31. The highest BCUT2D eigenvalue weighted by Crippen LogP contribution is 2.18. The molecule has 2 heterocycles. The van der Waals surface area contributed by atoms with E-state index in [1.54, 1.807) is 6.20 Å². The SMILES string of the molecule is Cc1ccc(CN(Cc2ccc(OCc3ccccn3)cc2)C(C)C)o1. The molecule has 3 aromatic rings. The lowest BCUT2D eigenvalue weighted by Crippen LogP contribution is -2.29. The Morgan fingerprint density at radius 3 is 2.42 bits per heavy atom. The first kappa shape index (κ1) is 18.2. The molecule has 1 aromatic carbocycles. The minimum atomic E-state index is 0.431. The number of hydrogen-bond donors (Lipinski definition) is 0. The van der Waals surface area contributed by atoms with Gasteiger partial charge in [-0.3, -0.25) is 9.88 Å². The van der Waals surface area contributed by atoms with Crippen LogP contribution in [0.25, 0.3) is 0 Å². The van der Waals surface area contributed by atoms with Crippen LogP contribution < -0.4 is 4.74 Å². The zero-order valence-electron chi connectivity index (χ0n) is 15.7. The molecule has 0 unspecified atom stereocenters. The van der Waals surface area contributed by atoms with Crippen LogP contribution in [0.3, 0.4) is 0 Å². The second-order valence-corrected chi connectivity index (χ2v) is 6.76. The Kier molecular flexibility index (Phi) is 6.08. The average Bonchev–Trinajstić information content (AvgIpc) is 3.06. The molecule has 0 atom stereocenters. The first-order valence-corrected chi connectivity index (χ1v) is 9.01. The quantitative estimate of drug-likeness (QED) is 0.575. The number of rotatable bonds is 8. The van der Waals surface area contributed by atoms with E-state index in [4.69, 9.17) is 9.15 Å². The maximum atomic E-state index is 5.81. The summed E-state index contributed by atoms with van der Waals surface area (Å²) in [7, 11) is 0. The summed E-state index contributed by atoms with van der Waals surface area (Å²) >= 11 is 0. The highest BCUT2D eigenvalue weighted by Gasteiger charge is 2.13. The number of hydrogen-bond acceptors (Lipinski definition) is 4. The van der Waals surface area contributed by atoms with Crippen LogP contribution in [-0.4, -0.2) is 15.9 Å². The van der Waals surface area contributed by atoms with Crippen molar-refractivity contribution in [3.63, 3.8) is 0 Å². The van der Waals surface area contributed by atoms with E-state index in [0.717, 1.165) is 36.1 Å². The molecule has 4 heteroatoms. The van der Waals surface area contributed by atoms with E-state index in [-0.39, 0.29) is 0 Å². The monoisotopic (exact) mass is 350 g/mol. The second-order valence-electron chi connectivity index (χ2n) is 6.76. The lowest BCUT2D eigenvalue weighted by molar-refractivity contribution is 0.187. The summed E-state index contributed by atoms with van der Waals surface area (Å²) in [5.41, 5.74) is 2.18. The Morgan fingerprint density at radius 2 is 1.81 bits per heavy atom. The van der Waals surface area contributed by atoms with Crippen molar-refractivity contribution in [1.29, 1.82) is 0 Å². The number of nitrogens with zero attached hydrogens (tertiary/aromatic N) is 2. The molecular formula is C22H26N2O2. The van der Waals surface area contributed by atoms with Crippen molar-refractivity contribution >= 4 is 0 Å². The van der Waals surface area contributed by atoms with Crippen LogP contribution in [0.4, 0.5) is 0 Å². The average molecular weight is 350 g/mol. The summed E-state index contributed by atoms with van der Waals surface area (Å²) in [6.07, 6.45) is 1.78. The number of pyridine rings is 1. The smallest absolute Gasteiger partial charge is 0.130 e. The summed E-state index contributed by atoms with van der Waals surface area (Å²) in [4.78, 5) is 6.66. The number of aromatic nitrogens is 1. The Labute approximate surface area is 155 Å². The van der Waals surface area contributed by atoms with Crippen molar-refractivity contribution < 1.29 is 9.15 Å². The van der Waals surface area contributed by atoms with Gasteiger partial charge in [0, 0.05) is 18.8 Å². The van der Waals surface area contributed by atoms with Gasteiger partial charge in [0.25, 0.3) is 0 Å². The molecule has 136 valence electrons. The van der Waals surface area contributed by atoms with Gasteiger partial charge in [0.05, 0.1) is 12.2 Å². The van der Waals surface area contributed by atoms with Crippen LogP contribution in [0.2, 0.25) is 0 Å². The Morgan fingerprint density at radius 1 is 1.00 bits per heavy atom. The lowest BCUT2D eigenvalue weighted by atomic mass is 10.1. The molecule has 0 aliphatic carbocycles. The number of ether oxygens (including phenoxy) is 1. The topological polar surface area (TPSA) is 38.5 Å². The lowest BCUT2D eigenvalue weighted by Gasteiger charge is -2.25. The van der Waals surface area contributed by atoms with Gasteiger partial charge in [-0.2, -0.15) is 0 Å². The number of furan rings is 1. The van der Waals surface area contributed by atoms with Gasteiger partial charge in [0.2, 0.25) is 0 Å². The molecule has 0 aliphatic heterocycles. The Bertz CT molecular complexity index is 795. The first-order valence-electron chi connectivity index (χ1n) is 9.01. The highest BCUT2D eigenvalue weighted by atomic mass is 16.5. The Balaban J connectivity index is 1.58. The molecular weight excluding hydrogens is 324 g/mol. The molecule has 0 fully saturated rings. The zero-order valence-corrected chi connectivity index (χ0v) is 15.7. The largest absolute Gasteiger partial charge is 0.487 e. The highest BCUT2D eigenvalue weighted by molar-refractivity contribution is 5.27. The molecule has 3 rings (SSSR count). The number of aryl methyl sites for hydroxylation is 1. The first-order chi connectivity index (χ1) is 12.6. The van der Waals surface area contributed by atoms with Crippen molar-refractivity contribution in [2.24, 2.45) is 0 Å². The summed E-state index contributed by atoms with van der Waals surface area (Å²) in [5, 5.41) is 0. The summed E-state index contributed by atoms with van der Waals surface area (Å²) < 4.78 is 11.5. The molecule has 26 heavy (non-hydrogen) atoms. The van der Waals surface area contributed by atoms with Gasteiger partial charge < -0.3 is 9.15 Å². The molecule has 2 aromatic heterocycles. The minimum absolute atomic E-state index is 0.431. The maximum absolute atomic E-state index is 5.81. The van der Waals surface area contributed by atoms with Crippen LogP contribution in [0, 0.1) is 6.92 Å². The third kappa shape index (κ3) is 5.20. The van der Waals surface area contributed by atoms with E-state index in [0.29, 0.717) is 12.6 Å². The molecule has 0 spiro atoms. The van der Waals surface area contributed by atoms with Gasteiger partial charge >= 0.3 is 0 Å². The maximum Gasteiger partial charge on any atom is 0.130 e. The molecule has 0 aliphatic rings. The van der Waals surface area contributed by atoms with Crippen molar-refractivity contribution in [3.05, 3.63) is 83.6 Å². The molecule has 0 N–H and O–H groups in total. The molecule has 0 bridgehead atoms. The van der Waals surface area contributed by atoms with Crippen LogP contribution >= 0.6 is 0 Å². The predicted molar refractivity (Wildman–Crippen MR) is 103 cm³/mol. The van der Waals surface area contributed by atoms with Crippen molar-refractivity contribution in [2.75, 3.05) is 0 Å². The molecule has 0 amide bonds. The van der Waals surface area contributed by atoms with Crippen LogP contribution in [0.5, 0.6) is 5.75 Å². The van der Waals surface area contributed by atoms with E-state index in [2.05, 4.69) is 41.9 Å². The standard InChI is InChI=1S/C22H26N2O2/c1-17(2)24(15-22-10-7-18(3)26-22)14-19-8-11-21(12-9-19)25-16-20-6-4-5-13-23-20/h4-13,17H,14-16H2,1-3H3. The summed E-state index contributed by atoms with van der Waals surface area (Å²) in [6.45, 7) is 8.56. The van der Waals surface area contributed by atoms with E-state index in [1.807, 2.05) is 43.3 Å². The fourth-order valence-electron chi connectivity index (χ4n) is 2.76. The second kappa shape index (κ2) is 8.68. The van der Waals surface area contributed by atoms with E-state index < -0.39 is 0 Å². The van der Waals surface area contributed by atoms with Gasteiger partial charge in [-0.1, -0.05) is 18.2 Å². The van der Waals surface area contributed by atoms with Crippen molar-refractivity contribution in [2.45, 2.75) is 46.5 Å². The van der Waals surface area contributed by atoms with E-state index >= 15 is 0 Å². The number of benzene rings is 1. The fraction of sp³-hybridized carbons (Fsp3) is 0.318. The van der Waals surface area contributed by atoms with Crippen LogP contribution in [0.1, 0.15) is 36.6 Å². The minimum Gasteiger partial charge on any atom is -0.487 e. The molecule has 4 nitrogen and oxygen atoms in total. The van der Waals surface area contributed by atoms with E-state index in [1.165, 1.54) is 5.56 Å². The van der Waals surface area contributed by atoms with Gasteiger partial charge in [0.1, 0.15) is 23.9 Å². The predicted octanol–water partition coefficient (Wildman–Crippen LogP) is 4.97. The zero-order chi connectivity index (χ0) is 18.4. The van der Waals surface area contributed by atoms with Crippen LogP contribution in [-0.2, 0) is 19.7 Å².